The third-order valence-electron chi connectivity index (χ3n) is 2.29. The molecular weight excluding hydrogens is 206 g/mol. The number of rotatable bonds is 9. The van der Waals surface area contributed by atoms with Crippen molar-refractivity contribution in [3.05, 3.63) is 0 Å². The van der Waals surface area contributed by atoms with Crippen molar-refractivity contribution >= 4 is 11.8 Å². The van der Waals surface area contributed by atoms with Crippen LogP contribution < -0.4 is 0 Å². The summed E-state index contributed by atoms with van der Waals surface area (Å²) in [5.74, 6) is 1.71. The smallest absolute Gasteiger partial charge is 0.0661 e. The topological polar surface area (TPSA) is 44.0 Å². The minimum atomic E-state index is -0.183. The number of nitrogens with zero attached hydrogens (tertiary/aromatic N) is 1. The quantitative estimate of drug-likeness (QED) is 0.617. The molecule has 0 aromatic carbocycles. The third-order valence-corrected chi connectivity index (χ3v) is 3.65. The number of aliphatic hydroxyl groups is 1. The van der Waals surface area contributed by atoms with Crippen LogP contribution in [0.5, 0.6) is 0 Å². The average molecular weight is 229 g/mol. The maximum Gasteiger partial charge on any atom is 0.0661 e. The monoisotopic (exact) mass is 229 g/mol. The van der Waals surface area contributed by atoms with Crippen LogP contribution in [-0.4, -0.2) is 22.7 Å². The minimum absolute atomic E-state index is 0.0993. The van der Waals surface area contributed by atoms with Gasteiger partial charge < -0.3 is 5.11 Å². The van der Waals surface area contributed by atoms with Crippen LogP contribution in [0.3, 0.4) is 0 Å². The maximum absolute atomic E-state index is 9.63. The van der Waals surface area contributed by atoms with Gasteiger partial charge >= 0.3 is 0 Å². The largest absolute Gasteiger partial charge is 0.392 e. The lowest BCUT2D eigenvalue weighted by molar-refractivity contribution is 0.185. The maximum atomic E-state index is 9.63. The van der Waals surface area contributed by atoms with Crippen LogP contribution in [0, 0.1) is 17.2 Å². The molecule has 0 fully saturated rings. The lowest BCUT2D eigenvalue weighted by Gasteiger charge is -2.10. The van der Waals surface area contributed by atoms with Crippen molar-refractivity contribution < 1.29 is 5.11 Å². The second kappa shape index (κ2) is 10.3. The predicted octanol–water partition coefficient (Wildman–Crippen LogP) is 3.21. The van der Waals surface area contributed by atoms with E-state index in [0.717, 1.165) is 24.3 Å². The van der Waals surface area contributed by atoms with Crippen LogP contribution in [0.4, 0.5) is 0 Å². The molecule has 0 aromatic heterocycles. The van der Waals surface area contributed by atoms with Gasteiger partial charge in [-0.2, -0.15) is 17.0 Å². The Labute approximate surface area is 98.1 Å². The second-order valence-corrected chi connectivity index (χ2v) is 5.15. The lowest BCUT2D eigenvalue weighted by atomic mass is 10.1. The van der Waals surface area contributed by atoms with Crippen molar-refractivity contribution in [2.24, 2.45) is 5.92 Å². The van der Waals surface area contributed by atoms with Gasteiger partial charge in [0, 0.05) is 11.5 Å². The Hall–Kier alpha value is -0.200. The van der Waals surface area contributed by atoms with E-state index >= 15 is 0 Å². The van der Waals surface area contributed by atoms with Crippen molar-refractivity contribution in [2.45, 2.75) is 52.1 Å². The van der Waals surface area contributed by atoms with Crippen LogP contribution in [0.1, 0.15) is 46.0 Å². The molecule has 1 N–H and O–H groups in total. The summed E-state index contributed by atoms with van der Waals surface area (Å²) in [5, 5.41) is 18.2. The Bertz CT molecular complexity index is 179. The molecule has 0 aliphatic heterocycles. The third kappa shape index (κ3) is 10.1. The standard InChI is InChI=1S/C12H23NOS/c1-3-4-5-6-7-12(14)10-15-9-11(2)8-13/h11-12,14H,3-7,9-10H2,1-2H3. The number of thioether (sulfide) groups is 1. The van der Waals surface area contributed by atoms with Gasteiger partial charge in [-0.05, 0) is 13.3 Å². The highest BCUT2D eigenvalue weighted by atomic mass is 32.2. The van der Waals surface area contributed by atoms with E-state index in [4.69, 9.17) is 5.26 Å². The van der Waals surface area contributed by atoms with Gasteiger partial charge in [-0.25, -0.2) is 0 Å². The Kier molecular flexibility index (Phi) is 10.2. The van der Waals surface area contributed by atoms with Crippen molar-refractivity contribution in [3.63, 3.8) is 0 Å². The lowest BCUT2D eigenvalue weighted by Crippen LogP contribution is -2.11. The number of hydrogen-bond donors (Lipinski definition) is 1. The van der Waals surface area contributed by atoms with Crippen molar-refractivity contribution in [2.75, 3.05) is 11.5 Å². The number of nitriles is 1. The van der Waals surface area contributed by atoms with E-state index in [0.29, 0.717) is 0 Å². The van der Waals surface area contributed by atoms with E-state index < -0.39 is 0 Å². The number of unbranched alkanes of at least 4 members (excludes halogenated alkanes) is 3. The summed E-state index contributed by atoms with van der Waals surface area (Å²) >= 11 is 1.69. The van der Waals surface area contributed by atoms with Gasteiger partial charge in [0.2, 0.25) is 0 Å². The predicted molar refractivity (Wildman–Crippen MR) is 66.9 cm³/mol. The normalized spacial score (nSPS) is 14.5. The molecule has 0 bridgehead atoms. The summed E-state index contributed by atoms with van der Waals surface area (Å²) in [6.45, 7) is 4.11. The zero-order chi connectivity index (χ0) is 11.5. The summed E-state index contributed by atoms with van der Waals surface area (Å²) in [6, 6.07) is 2.20. The molecule has 0 saturated heterocycles. The fourth-order valence-corrected chi connectivity index (χ4v) is 2.31. The van der Waals surface area contributed by atoms with E-state index in [9.17, 15) is 5.11 Å². The molecule has 0 radical (unpaired) electrons. The molecule has 0 aliphatic carbocycles. The highest BCUT2D eigenvalue weighted by molar-refractivity contribution is 7.99. The first-order chi connectivity index (χ1) is 7.20. The van der Waals surface area contributed by atoms with Crippen LogP contribution >= 0.6 is 11.8 Å². The molecule has 2 atom stereocenters. The van der Waals surface area contributed by atoms with Gasteiger partial charge in [0.05, 0.1) is 18.1 Å². The molecule has 0 saturated carbocycles. The van der Waals surface area contributed by atoms with E-state index in [2.05, 4.69) is 13.0 Å². The fourth-order valence-electron chi connectivity index (χ4n) is 1.31. The van der Waals surface area contributed by atoms with Crippen LogP contribution in [0.2, 0.25) is 0 Å². The Balaban J connectivity index is 3.26. The van der Waals surface area contributed by atoms with Crippen molar-refractivity contribution in [3.8, 4) is 6.07 Å². The first-order valence-electron chi connectivity index (χ1n) is 5.86. The van der Waals surface area contributed by atoms with Crippen LogP contribution in [0.15, 0.2) is 0 Å². The van der Waals surface area contributed by atoms with Gasteiger partial charge in [0.15, 0.2) is 0 Å². The molecule has 88 valence electrons. The Morgan fingerprint density at radius 3 is 2.60 bits per heavy atom. The van der Waals surface area contributed by atoms with Crippen molar-refractivity contribution in [1.29, 1.82) is 5.26 Å². The SMILES string of the molecule is CCCCCCC(O)CSCC(C)C#N. The molecular formula is C12H23NOS. The molecule has 0 amide bonds. The molecule has 15 heavy (non-hydrogen) atoms. The van der Waals surface area contributed by atoms with Crippen LogP contribution in [-0.2, 0) is 0 Å². The Morgan fingerprint density at radius 1 is 1.27 bits per heavy atom. The number of hydrogen-bond acceptors (Lipinski definition) is 3. The average Bonchev–Trinajstić information content (AvgIpc) is 2.24. The summed E-state index contributed by atoms with van der Waals surface area (Å²) < 4.78 is 0. The van der Waals surface area contributed by atoms with Gasteiger partial charge in [-0.15, -0.1) is 0 Å². The zero-order valence-electron chi connectivity index (χ0n) is 9.91. The molecule has 3 heteroatoms. The molecule has 0 heterocycles. The van der Waals surface area contributed by atoms with Gasteiger partial charge in [-0.3, -0.25) is 0 Å². The second-order valence-electron chi connectivity index (χ2n) is 4.07. The highest BCUT2D eigenvalue weighted by Crippen LogP contribution is 2.13. The van der Waals surface area contributed by atoms with Gasteiger partial charge in [-0.1, -0.05) is 32.6 Å². The van der Waals surface area contributed by atoms with E-state index in [1.807, 2.05) is 6.92 Å². The summed E-state index contributed by atoms with van der Waals surface area (Å²) in [5.41, 5.74) is 0. The van der Waals surface area contributed by atoms with E-state index in [-0.39, 0.29) is 12.0 Å². The molecule has 2 nitrogen and oxygen atoms in total. The highest BCUT2D eigenvalue weighted by Gasteiger charge is 2.05. The van der Waals surface area contributed by atoms with Gasteiger partial charge in [0.1, 0.15) is 0 Å². The molecule has 0 spiro atoms. The Morgan fingerprint density at radius 2 is 2.00 bits per heavy atom. The van der Waals surface area contributed by atoms with E-state index in [1.165, 1.54) is 19.3 Å². The van der Waals surface area contributed by atoms with Gasteiger partial charge in [0.25, 0.3) is 0 Å². The minimum Gasteiger partial charge on any atom is -0.392 e. The summed E-state index contributed by atoms with van der Waals surface area (Å²) in [4.78, 5) is 0. The molecule has 0 rings (SSSR count). The van der Waals surface area contributed by atoms with Crippen LogP contribution in [0.25, 0.3) is 0 Å². The number of aliphatic hydroxyl groups excluding tert-OH is 1. The first kappa shape index (κ1) is 14.8. The fraction of sp³-hybridized carbons (Fsp3) is 0.917. The summed E-state index contributed by atoms with van der Waals surface area (Å²) in [6.07, 6.45) is 5.60. The zero-order valence-corrected chi connectivity index (χ0v) is 10.7. The van der Waals surface area contributed by atoms with Crippen molar-refractivity contribution in [1.82, 2.24) is 0 Å². The van der Waals surface area contributed by atoms with E-state index in [1.54, 1.807) is 11.8 Å². The summed E-state index contributed by atoms with van der Waals surface area (Å²) in [7, 11) is 0. The molecule has 2 unspecified atom stereocenters. The molecule has 0 aromatic rings. The molecule has 0 aliphatic rings. The first-order valence-corrected chi connectivity index (χ1v) is 7.01.